The van der Waals surface area contributed by atoms with Crippen LogP contribution >= 0.6 is 12.4 Å². The predicted octanol–water partition coefficient (Wildman–Crippen LogP) is 2.07. The van der Waals surface area contributed by atoms with Crippen molar-refractivity contribution in [1.82, 2.24) is 10.6 Å². The molecule has 1 aliphatic rings. The molecule has 2 atom stereocenters. The van der Waals surface area contributed by atoms with Crippen LogP contribution in [0.2, 0.25) is 0 Å². The molecule has 1 saturated heterocycles. The minimum atomic E-state index is 0. The molecule has 106 valence electrons. The molecule has 2 N–H and O–H groups in total. The van der Waals surface area contributed by atoms with E-state index in [9.17, 15) is 4.79 Å². The van der Waals surface area contributed by atoms with E-state index >= 15 is 0 Å². The molecule has 0 aromatic heterocycles. The third-order valence-electron chi connectivity index (χ3n) is 3.61. The van der Waals surface area contributed by atoms with E-state index in [1.807, 2.05) is 6.07 Å². The van der Waals surface area contributed by atoms with E-state index in [0.717, 1.165) is 25.9 Å². The van der Waals surface area contributed by atoms with Crippen LogP contribution in [0.25, 0.3) is 0 Å². The van der Waals surface area contributed by atoms with Gasteiger partial charge in [-0.3, -0.25) is 4.79 Å². The van der Waals surface area contributed by atoms with Crippen LogP contribution < -0.4 is 10.6 Å². The smallest absolute Gasteiger partial charge is 0.224 e. The topological polar surface area (TPSA) is 41.1 Å². The van der Waals surface area contributed by atoms with Gasteiger partial charge in [-0.15, -0.1) is 12.4 Å². The summed E-state index contributed by atoms with van der Waals surface area (Å²) in [4.78, 5) is 12.0. The van der Waals surface area contributed by atoms with Crippen molar-refractivity contribution in [3.05, 3.63) is 35.4 Å². The summed E-state index contributed by atoms with van der Waals surface area (Å²) in [6.07, 6.45) is 1.86. The van der Waals surface area contributed by atoms with Crippen LogP contribution in [0, 0.1) is 12.8 Å². The molecule has 3 nitrogen and oxygen atoms in total. The van der Waals surface area contributed by atoms with E-state index in [0.29, 0.717) is 0 Å². The lowest BCUT2D eigenvalue weighted by molar-refractivity contribution is -0.125. The fraction of sp³-hybridized carbons (Fsp3) is 0.533. The average molecular weight is 283 g/mol. The Kier molecular flexibility index (Phi) is 6.32. The van der Waals surface area contributed by atoms with Crippen molar-refractivity contribution >= 4 is 18.3 Å². The van der Waals surface area contributed by atoms with Gasteiger partial charge in [-0.2, -0.15) is 0 Å². The van der Waals surface area contributed by atoms with Crippen molar-refractivity contribution in [1.29, 1.82) is 0 Å². The highest BCUT2D eigenvalue weighted by Crippen LogP contribution is 2.11. The highest BCUT2D eigenvalue weighted by Gasteiger charge is 2.23. The summed E-state index contributed by atoms with van der Waals surface area (Å²) in [7, 11) is 0. The Labute approximate surface area is 121 Å². The Morgan fingerprint density at radius 2 is 2.21 bits per heavy atom. The Morgan fingerprint density at radius 1 is 1.47 bits per heavy atom. The molecule has 1 aliphatic heterocycles. The fourth-order valence-corrected chi connectivity index (χ4v) is 2.46. The van der Waals surface area contributed by atoms with Gasteiger partial charge < -0.3 is 10.6 Å². The first-order valence-electron chi connectivity index (χ1n) is 6.72. The first-order valence-corrected chi connectivity index (χ1v) is 6.72. The van der Waals surface area contributed by atoms with E-state index in [1.165, 1.54) is 11.1 Å². The van der Waals surface area contributed by atoms with Crippen molar-refractivity contribution in [3.8, 4) is 0 Å². The molecule has 1 aromatic carbocycles. The molecule has 4 heteroatoms. The SMILES string of the molecule is Cc1ccccc1CC(C)NC(=O)C1CCNC1.Cl. The second-order valence-corrected chi connectivity index (χ2v) is 5.23. The normalized spacial score (nSPS) is 19.6. The number of carbonyl (C=O) groups is 1. The van der Waals surface area contributed by atoms with Crippen molar-refractivity contribution in [2.24, 2.45) is 5.92 Å². The van der Waals surface area contributed by atoms with Crippen molar-refractivity contribution < 1.29 is 4.79 Å². The number of hydrogen-bond acceptors (Lipinski definition) is 2. The van der Waals surface area contributed by atoms with Crippen molar-refractivity contribution in [3.63, 3.8) is 0 Å². The summed E-state index contributed by atoms with van der Waals surface area (Å²) in [5.74, 6) is 0.352. The van der Waals surface area contributed by atoms with Gasteiger partial charge in [-0.25, -0.2) is 0 Å². The number of aryl methyl sites for hydroxylation is 1. The van der Waals surface area contributed by atoms with Crippen LogP contribution in [0.5, 0.6) is 0 Å². The molecule has 1 aromatic rings. The van der Waals surface area contributed by atoms with Crippen LogP contribution in [0.3, 0.4) is 0 Å². The molecule has 0 spiro atoms. The van der Waals surface area contributed by atoms with Crippen molar-refractivity contribution in [2.75, 3.05) is 13.1 Å². The number of carbonyl (C=O) groups excluding carboxylic acids is 1. The molecule has 1 heterocycles. The van der Waals surface area contributed by atoms with Gasteiger partial charge in [-0.05, 0) is 44.4 Å². The first-order chi connectivity index (χ1) is 8.66. The number of hydrogen-bond donors (Lipinski definition) is 2. The van der Waals surface area contributed by atoms with Gasteiger partial charge in [0.25, 0.3) is 0 Å². The molecule has 0 aliphatic carbocycles. The number of benzene rings is 1. The summed E-state index contributed by atoms with van der Waals surface area (Å²) < 4.78 is 0. The highest BCUT2D eigenvalue weighted by molar-refractivity contribution is 5.85. The van der Waals surface area contributed by atoms with Crippen LogP contribution in [-0.4, -0.2) is 25.0 Å². The maximum Gasteiger partial charge on any atom is 0.224 e. The number of nitrogens with one attached hydrogen (secondary N) is 2. The molecule has 2 unspecified atom stereocenters. The standard InChI is InChI=1S/C15H22N2O.ClH/c1-11-5-3-4-6-13(11)9-12(2)17-15(18)14-7-8-16-10-14;/h3-6,12,14,16H,7-10H2,1-2H3,(H,17,18);1H. The van der Waals surface area contributed by atoms with Crippen LogP contribution in [0.1, 0.15) is 24.5 Å². The summed E-state index contributed by atoms with van der Waals surface area (Å²) in [5, 5.41) is 6.34. The summed E-state index contributed by atoms with van der Waals surface area (Å²) in [6.45, 7) is 5.98. The largest absolute Gasteiger partial charge is 0.353 e. The van der Waals surface area contributed by atoms with E-state index in [4.69, 9.17) is 0 Å². The highest BCUT2D eigenvalue weighted by atomic mass is 35.5. The zero-order valence-corrected chi connectivity index (χ0v) is 12.4. The third-order valence-corrected chi connectivity index (χ3v) is 3.61. The molecule has 0 bridgehead atoms. The van der Waals surface area contributed by atoms with E-state index in [1.54, 1.807) is 0 Å². The summed E-state index contributed by atoms with van der Waals surface area (Å²) in [5.41, 5.74) is 2.61. The molecule has 1 fully saturated rings. The first kappa shape index (κ1) is 16.0. The van der Waals surface area contributed by atoms with E-state index in [-0.39, 0.29) is 30.3 Å². The van der Waals surface area contributed by atoms with Gasteiger partial charge in [-0.1, -0.05) is 24.3 Å². The van der Waals surface area contributed by atoms with Crippen LogP contribution in [0.4, 0.5) is 0 Å². The van der Waals surface area contributed by atoms with E-state index < -0.39 is 0 Å². The quantitative estimate of drug-likeness (QED) is 0.888. The lowest BCUT2D eigenvalue weighted by Gasteiger charge is -2.17. The van der Waals surface area contributed by atoms with Gasteiger partial charge in [0.1, 0.15) is 0 Å². The molecule has 19 heavy (non-hydrogen) atoms. The Morgan fingerprint density at radius 3 is 2.84 bits per heavy atom. The second-order valence-electron chi connectivity index (χ2n) is 5.23. The molecule has 0 saturated carbocycles. The van der Waals surface area contributed by atoms with E-state index in [2.05, 4.69) is 42.7 Å². The van der Waals surface area contributed by atoms with Gasteiger partial charge in [0.15, 0.2) is 0 Å². The summed E-state index contributed by atoms with van der Waals surface area (Å²) >= 11 is 0. The Balaban J connectivity index is 0.00000180. The second kappa shape index (κ2) is 7.51. The lowest BCUT2D eigenvalue weighted by atomic mass is 10.0. The van der Waals surface area contributed by atoms with Crippen LogP contribution in [0.15, 0.2) is 24.3 Å². The van der Waals surface area contributed by atoms with Crippen LogP contribution in [-0.2, 0) is 11.2 Å². The maximum atomic E-state index is 12.0. The molecular weight excluding hydrogens is 260 g/mol. The zero-order chi connectivity index (χ0) is 13.0. The molecule has 0 radical (unpaired) electrons. The zero-order valence-electron chi connectivity index (χ0n) is 11.6. The molecule has 2 rings (SSSR count). The number of amides is 1. The van der Waals surface area contributed by atoms with Gasteiger partial charge in [0.2, 0.25) is 5.91 Å². The van der Waals surface area contributed by atoms with Gasteiger partial charge >= 0.3 is 0 Å². The predicted molar refractivity (Wildman–Crippen MR) is 80.7 cm³/mol. The Hall–Kier alpha value is -1.06. The Bertz CT molecular complexity index is 416. The molecule has 1 amide bonds. The minimum absolute atomic E-state index is 0. The fourth-order valence-electron chi connectivity index (χ4n) is 2.46. The monoisotopic (exact) mass is 282 g/mol. The van der Waals surface area contributed by atoms with Gasteiger partial charge in [0, 0.05) is 12.6 Å². The maximum absolute atomic E-state index is 12.0. The average Bonchev–Trinajstić information content (AvgIpc) is 2.85. The van der Waals surface area contributed by atoms with Crippen molar-refractivity contribution in [2.45, 2.75) is 32.7 Å². The lowest BCUT2D eigenvalue weighted by Crippen LogP contribution is -2.39. The van der Waals surface area contributed by atoms with Gasteiger partial charge in [0.05, 0.1) is 5.92 Å². The minimum Gasteiger partial charge on any atom is -0.353 e. The summed E-state index contributed by atoms with van der Waals surface area (Å²) in [6, 6.07) is 8.54. The number of rotatable bonds is 4. The third kappa shape index (κ3) is 4.51. The number of halogens is 1. The molecular formula is C15H23ClN2O.